The van der Waals surface area contributed by atoms with Crippen LogP contribution >= 0.6 is 0 Å². The van der Waals surface area contributed by atoms with Crippen LogP contribution in [0.25, 0.3) is 0 Å². The van der Waals surface area contributed by atoms with E-state index in [0.717, 1.165) is 0 Å². The Bertz CT molecular complexity index is 657. The Labute approximate surface area is 123 Å². The summed E-state index contributed by atoms with van der Waals surface area (Å²) in [5, 5.41) is 6.00. The molecule has 0 aliphatic carbocycles. The highest BCUT2D eigenvalue weighted by Gasteiger charge is 2.30. The summed E-state index contributed by atoms with van der Waals surface area (Å²) in [5.74, 6) is -0.180. The molecule has 0 saturated carbocycles. The van der Waals surface area contributed by atoms with E-state index in [1.807, 2.05) is 18.2 Å². The Hall–Kier alpha value is -2.20. The van der Waals surface area contributed by atoms with E-state index in [1.165, 1.54) is 17.7 Å². The lowest BCUT2D eigenvalue weighted by molar-refractivity contribution is -0.117. The van der Waals surface area contributed by atoms with E-state index in [-0.39, 0.29) is 17.6 Å². The van der Waals surface area contributed by atoms with Gasteiger partial charge in [0.25, 0.3) is 0 Å². The molecule has 1 aliphatic heterocycles. The molecule has 0 spiro atoms. The summed E-state index contributed by atoms with van der Waals surface area (Å²) in [6.45, 7) is 2.75. The second-order valence-corrected chi connectivity index (χ2v) is 5.37. The van der Waals surface area contributed by atoms with Crippen molar-refractivity contribution >= 4 is 11.6 Å². The number of amides is 1. The van der Waals surface area contributed by atoms with Gasteiger partial charge in [-0.3, -0.25) is 4.79 Å². The molecule has 1 amide bonds. The van der Waals surface area contributed by atoms with E-state index in [9.17, 15) is 9.18 Å². The Kier molecular flexibility index (Phi) is 3.71. The predicted octanol–water partition coefficient (Wildman–Crippen LogP) is 3.21. The molecule has 1 aliphatic rings. The predicted molar refractivity (Wildman–Crippen MR) is 80.6 cm³/mol. The van der Waals surface area contributed by atoms with Crippen molar-refractivity contribution in [1.82, 2.24) is 5.32 Å². The second-order valence-electron chi connectivity index (χ2n) is 5.37. The summed E-state index contributed by atoms with van der Waals surface area (Å²) in [4.78, 5) is 12.0. The number of benzene rings is 2. The third-order valence-electron chi connectivity index (χ3n) is 3.84. The van der Waals surface area contributed by atoms with Gasteiger partial charge in [-0.1, -0.05) is 37.3 Å². The molecule has 3 rings (SSSR count). The van der Waals surface area contributed by atoms with Gasteiger partial charge in [0.05, 0.1) is 0 Å². The van der Waals surface area contributed by atoms with Crippen molar-refractivity contribution in [3.8, 4) is 0 Å². The summed E-state index contributed by atoms with van der Waals surface area (Å²) in [5.41, 5.74) is 2.58. The Balaban J connectivity index is 1.72. The Morgan fingerprint density at radius 3 is 2.76 bits per heavy atom. The molecule has 2 N–H and O–H groups in total. The van der Waals surface area contributed by atoms with Gasteiger partial charge in [0, 0.05) is 17.8 Å². The number of hydrogen-bond acceptors (Lipinski definition) is 2. The number of halogens is 1. The van der Waals surface area contributed by atoms with Crippen LogP contribution in [0.2, 0.25) is 0 Å². The summed E-state index contributed by atoms with van der Waals surface area (Å²) in [7, 11) is 0. The summed E-state index contributed by atoms with van der Waals surface area (Å²) < 4.78 is 13.4. The highest BCUT2D eigenvalue weighted by molar-refractivity contribution is 6.02. The molecule has 4 heteroatoms. The van der Waals surface area contributed by atoms with Gasteiger partial charge < -0.3 is 10.6 Å². The Morgan fingerprint density at radius 2 is 2.00 bits per heavy atom. The second kappa shape index (κ2) is 5.66. The normalized spacial score (nSPS) is 18.2. The molecule has 0 bridgehead atoms. The van der Waals surface area contributed by atoms with Crippen LogP contribution in [-0.2, 0) is 4.79 Å². The highest BCUT2D eigenvalue weighted by Crippen LogP contribution is 2.31. The van der Waals surface area contributed by atoms with E-state index in [1.54, 1.807) is 6.07 Å². The van der Waals surface area contributed by atoms with Crippen LogP contribution in [0.3, 0.4) is 0 Å². The third-order valence-corrected chi connectivity index (χ3v) is 3.84. The number of hydrogen-bond donors (Lipinski definition) is 2. The average molecular weight is 284 g/mol. The SMILES string of the molecule is CC(CNC1C(=O)Nc2ccc(F)cc21)c1ccccc1. The first kappa shape index (κ1) is 13.8. The van der Waals surface area contributed by atoms with Gasteiger partial charge in [-0.05, 0) is 29.7 Å². The minimum absolute atomic E-state index is 0.129. The smallest absolute Gasteiger partial charge is 0.246 e. The molecule has 3 nitrogen and oxygen atoms in total. The molecule has 2 unspecified atom stereocenters. The fourth-order valence-electron chi connectivity index (χ4n) is 2.63. The van der Waals surface area contributed by atoms with E-state index in [2.05, 4.69) is 29.7 Å². The summed E-state index contributed by atoms with van der Waals surface area (Å²) >= 11 is 0. The lowest BCUT2D eigenvalue weighted by atomic mass is 10.0. The van der Waals surface area contributed by atoms with Crippen LogP contribution in [0.1, 0.15) is 30.0 Å². The molecule has 0 aromatic heterocycles. The van der Waals surface area contributed by atoms with E-state index in [0.29, 0.717) is 17.8 Å². The van der Waals surface area contributed by atoms with Crippen molar-refractivity contribution in [2.24, 2.45) is 0 Å². The van der Waals surface area contributed by atoms with Gasteiger partial charge in [0.2, 0.25) is 5.91 Å². The number of fused-ring (bicyclic) bond motifs is 1. The molecule has 0 radical (unpaired) electrons. The van der Waals surface area contributed by atoms with E-state index < -0.39 is 6.04 Å². The topological polar surface area (TPSA) is 41.1 Å². The molecule has 0 fully saturated rings. The van der Waals surface area contributed by atoms with Crippen LogP contribution in [0.15, 0.2) is 48.5 Å². The molecule has 2 aromatic rings. The summed E-state index contributed by atoms with van der Waals surface area (Å²) in [6, 6.07) is 14.0. The van der Waals surface area contributed by atoms with Gasteiger partial charge in [-0.2, -0.15) is 0 Å². The van der Waals surface area contributed by atoms with Gasteiger partial charge in [-0.15, -0.1) is 0 Å². The lowest BCUT2D eigenvalue weighted by Gasteiger charge is -2.16. The highest BCUT2D eigenvalue weighted by atomic mass is 19.1. The zero-order chi connectivity index (χ0) is 14.8. The number of nitrogens with one attached hydrogen (secondary N) is 2. The average Bonchev–Trinajstić information content (AvgIpc) is 2.80. The maximum atomic E-state index is 13.4. The largest absolute Gasteiger partial charge is 0.324 e. The maximum absolute atomic E-state index is 13.4. The molecule has 2 aromatic carbocycles. The van der Waals surface area contributed by atoms with Gasteiger partial charge in [0.15, 0.2) is 0 Å². The molecule has 0 saturated heterocycles. The zero-order valence-electron chi connectivity index (χ0n) is 11.8. The molecule has 108 valence electrons. The number of carbonyl (C=O) groups is 1. The molecular weight excluding hydrogens is 267 g/mol. The van der Waals surface area contributed by atoms with Crippen molar-refractivity contribution in [2.45, 2.75) is 18.9 Å². The van der Waals surface area contributed by atoms with Crippen molar-refractivity contribution in [3.05, 3.63) is 65.5 Å². The van der Waals surface area contributed by atoms with Crippen LogP contribution in [0, 0.1) is 5.82 Å². The fraction of sp³-hybridized carbons (Fsp3) is 0.235. The van der Waals surface area contributed by atoms with Gasteiger partial charge in [-0.25, -0.2) is 4.39 Å². The van der Waals surface area contributed by atoms with Crippen LogP contribution in [0.5, 0.6) is 0 Å². The molecule has 21 heavy (non-hydrogen) atoms. The fourth-order valence-corrected chi connectivity index (χ4v) is 2.63. The first-order valence-corrected chi connectivity index (χ1v) is 7.04. The summed E-state index contributed by atoms with van der Waals surface area (Å²) in [6.07, 6.45) is 0. The molecular formula is C17H17FN2O. The number of rotatable bonds is 4. The standard InChI is InChI=1S/C17H17FN2O/c1-11(12-5-3-2-4-6-12)10-19-16-14-9-13(18)7-8-15(14)20-17(16)21/h2-9,11,16,19H,10H2,1H3,(H,20,21). The van der Waals surface area contributed by atoms with Crippen molar-refractivity contribution in [1.29, 1.82) is 0 Å². The third kappa shape index (κ3) is 2.81. The van der Waals surface area contributed by atoms with Crippen LogP contribution in [-0.4, -0.2) is 12.5 Å². The maximum Gasteiger partial charge on any atom is 0.246 e. The quantitative estimate of drug-likeness (QED) is 0.905. The van der Waals surface area contributed by atoms with Gasteiger partial charge >= 0.3 is 0 Å². The number of carbonyl (C=O) groups excluding carboxylic acids is 1. The minimum Gasteiger partial charge on any atom is -0.324 e. The monoisotopic (exact) mass is 284 g/mol. The van der Waals surface area contributed by atoms with Crippen molar-refractivity contribution in [3.63, 3.8) is 0 Å². The minimum atomic E-state index is -0.484. The number of anilines is 1. The van der Waals surface area contributed by atoms with E-state index >= 15 is 0 Å². The van der Waals surface area contributed by atoms with Gasteiger partial charge in [0.1, 0.15) is 11.9 Å². The first-order valence-electron chi connectivity index (χ1n) is 7.04. The first-order chi connectivity index (χ1) is 10.1. The van der Waals surface area contributed by atoms with Crippen molar-refractivity contribution in [2.75, 3.05) is 11.9 Å². The van der Waals surface area contributed by atoms with E-state index in [4.69, 9.17) is 0 Å². The Morgan fingerprint density at radius 1 is 1.24 bits per heavy atom. The van der Waals surface area contributed by atoms with Crippen LogP contribution in [0.4, 0.5) is 10.1 Å². The molecule has 1 heterocycles. The zero-order valence-corrected chi connectivity index (χ0v) is 11.8. The lowest BCUT2D eigenvalue weighted by Crippen LogP contribution is -2.30. The molecule has 2 atom stereocenters. The van der Waals surface area contributed by atoms with Crippen molar-refractivity contribution < 1.29 is 9.18 Å². The van der Waals surface area contributed by atoms with Crippen LogP contribution < -0.4 is 10.6 Å².